The molecule has 0 bridgehead atoms. The average Bonchev–Trinajstić information content (AvgIpc) is 3.14. The zero-order chi connectivity index (χ0) is 23.6. The average molecular weight is 459 g/mol. The van der Waals surface area contributed by atoms with Crippen LogP contribution in [0.3, 0.4) is 0 Å². The van der Waals surface area contributed by atoms with E-state index in [1.165, 1.54) is 24.7 Å². The Hall–Kier alpha value is -3.73. The summed E-state index contributed by atoms with van der Waals surface area (Å²) in [5, 5.41) is 13.0. The number of pyridine rings is 1. The normalized spacial score (nSPS) is 18.3. The highest BCUT2D eigenvalue weighted by Crippen LogP contribution is 2.33. The van der Waals surface area contributed by atoms with E-state index in [4.69, 9.17) is 0 Å². The molecule has 0 spiro atoms. The van der Waals surface area contributed by atoms with E-state index in [-0.39, 0.29) is 11.3 Å². The number of aliphatic hydroxyl groups is 1. The predicted molar refractivity (Wildman–Crippen MR) is 114 cm³/mol. The van der Waals surface area contributed by atoms with Crippen LogP contribution in [0.2, 0.25) is 0 Å². The molecule has 1 saturated heterocycles. The minimum atomic E-state index is -4.79. The standard InChI is InChI=1S/C22H20F3N5O3/c1-21(32)6-7-30(12-21)19-18(15-9-26-13-27-10-15)8-14(11-28-19)20(31)29-16-2-4-17(5-3-16)33-22(23,24)25/h2-5,8-11,13,32H,6-7,12H2,1H3,(H,29,31)/t21-/m0/s1. The first-order valence-electron chi connectivity index (χ1n) is 10.00. The summed E-state index contributed by atoms with van der Waals surface area (Å²) >= 11 is 0. The summed E-state index contributed by atoms with van der Waals surface area (Å²) in [6, 6.07) is 6.47. The van der Waals surface area contributed by atoms with Crippen LogP contribution in [0.1, 0.15) is 23.7 Å². The van der Waals surface area contributed by atoms with Crippen LogP contribution in [0.5, 0.6) is 5.75 Å². The van der Waals surface area contributed by atoms with Gasteiger partial charge in [0.15, 0.2) is 0 Å². The summed E-state index contributed by atoms with van der Waals surface area (Å²) in [7, 11) is 0. The second kappa shape index (κ2) is 8.66. The highest BCUT2D eigenvalue weighted by molar-refractivity contribution is 6.05. The van der Waals surface area contributed by atoms with E-state index in [9.17, 15) is 23.1 Å². The Kier molecular flexibility index (Phi) is 5.90. The molecule has 1 aromatic carbocycles. The minimum Gasteiger partial charge on any atom is -0.406 e. The lowest BCUT2D eigenvalue weighted by molar-refractivity contribution is -0.274. The molecule has 4 rings (SSSR count). The fraction of sp³-hybridized carbons (Fsp3) is 0.273. The van der Waals surface area contributed by atoms with Crippen molar-refractivity contribution in [2.45, 2.75) is 25.3 Å². The topological polar surface area (TPSA) is 100 Å². The molecule has 172 valence electrons. The third kappa shape index (κ3) is 5.55. The molecule has 1 amide bonds. The Morgan fingerprint density at radius 1 is 1.18 bits per heavy atom. The number of aromatic nitrogens is 3. The quantitative estimate of drug-likeness (QED) is 0.601. The second-order valence-electron chi connectivity index (χ2n) is 7.92. The van der Waals surface area contributed by atoms with Gasteiger partial charge in [0.25, 0.3) is 5.91 Å². The van der Waals surface area contributed by atoms with Gasteiger partial charge in [0.2, 0.25) is 0 Å². The van der Waals surface area contributed by atoms with Gasteiger partial charge in [-0.2, -0.15) is 0 Å². The van der Waals surface area contributed by atoms with Crippen molar-refractivity contribution in [3.63, 3.8) is 0 Å². The predicted octanol–water partition coefficient (Wildman–Crippen LogP) is 3.65. The molecular formula is C22H20F3N5O3. The molecule has 2 aromatic heterocycles. The Morgan fingerprint density at radius 3 is 2.48 bits per heavy atom. The number of anilines is 2. The van der Waals surface area contributed by atoms with Gasteiger partial charge in [-0.1, -0.05) is 0 Å². The van der Waals surface area contributed by atoms with Crippen molar-refractivity contribution in [2.24, 2.45) is 0 Å². The Labute approximate surface area is 187 Å². The van der Waals surface area contributed by atoms with Gasteiger partial charge in [-0.05, 0) is 43.7 Å². The summed E-state index contributed by atoms with van der Waals surface area (Å²) in [6.07, 6.45) is 1.78. The zero-order valence-corrected chi connectivity index (χ0v) is 17.5. The highest BCUT2D eigenvalue weighted by Gasteiger charge is 2.33. The fourth-order valence-corrected chi connectivity index (χ4v) is 3.55. The van der Waals surface area contributed by atoms with Crippen molar-refractivity contribution in [1.29, 1.82) is 0 Å². The number of benzene rings is 1. The van der Waals surface area contributed by atoms with Crippen LogP contribution in [0, 0.1) is 0 Å². The number of alkyl halides is 3. The minimum absolute atomic E-state index is 0.235. The maximum Gasteiger partial charge on any atom is 0.573 e. The molecule has 33 heavy (non-hydrogen) atoms. The number of carbonyl (C=O) groups is 1. The molecule has 0 aliphatic carbocycles. The fourth-order valence-electron chi connectivity index (χ4n) is 3.55. The van der Waals surface area contributed by atoms with E-state index in [0.717, 1.165) is 12.1 Å². The molecule has 1 aliphatic heterocycles. The van der Waals surface area contributed by atoms with Crippen molar-refractivity contribution < 1.29 is 27.8 Å². The molecule has 11 heteroatoms. The third-order valence-electron chi connectivity index (χ3n) is 5.10. The van der Waals surface area contributed by atoms with Crippen LogP contribution < -0.4 is 15.0 Å². The van der Waals surface area contributed by atoms with Crippen LogP contribution in [0.25, 0.3) is 11.1 Å². The molecule has 3 heterocycles. The van der Waals surface area contributed by atoms with Gasteiger partial charge in [0.1, 0.15) is 17.9 Å². The van der Waals surface area contributed by atoms with Crippen molar-refractivity contribution in [3.8, 4) is 16.9 Å². The lowest BCUT2D eigenvalue weighted by Crippen LogP contribution is -2.30. The first-order valence-corrected chi connectivity index (χ1v) is 10.00. The van der Waals surface area contributed by atoms with Crippen molar-refractivity contribution in [3.05, 3.63) is 60.8 Å². The number of hydrogen-bond acceptors (Lipinski definition) is 7. The van der Waals surface area contributed by atoms with Crippen molar-refractivity contribution in [1.82, 2.24) is 15.0 Å². The molecule has 2 N–H and O–H groups in total. The summed E-state index contributed by atoms with van der Waals surface area (Å²) in [6.45, 7) is 2.74. The molecule has 1 aliphatic rings. The SMILES string of the molecule is C[C@]1(O)CCN(c2ncc(C(=O)Nc3ccc(OC(F)(F)F)cc3)cc2-c2cncnc2)C1. The van der Waals surface area contributed by atoms with E-state index < -0.39 is 17.9 Å². The molecule has 3 aromatic rings. The van der Waals surface area contributed by atoms with Crippen LogP contribution in [-0.2, 0) is 0 Å². The lowest BCUT2D eigenvalue weighted by atomic mass is 10.1. The number of hydrogen-bond donors (Lipinski definition) is 2. The largest absolute Gasteiger partial charge is 0.573 e. The number of nitrogens with zero attached hydrogens (tertiary/aromatic N) is 4. The zero-order valence-electron chi connectivity index (χ0n) is 17.5. The number of β-amino-alcohol motifs (C(OH)–C–C–N with tert-alkyl or cyclic N) is 1. The Balaban J connectivity index is 1.58. The molecule has 8 nitrogen and oxygen atoms in total. The van der Waals surface area contributed by atoms with E-state index in [1.807, 2.05) is 4.90 Å². The van der Waals surface area contributed by atoms with Crippen LogP contribution in [0.4, 0.5) is 24.7 Å². The summed E-state index contributed by atoms with van der Waals surface area (Å²) in [5.41, 5.74) is 0.951. The van der Waals surface area contributed by atoms with Gasteiger partial charge in [0.05, 0.1) is 11.2 Å². The maximum absolute atomic E-state index is 12.8. The first-order chi connectivity index (χ1) is 15.6. The van der Waals surface area contributed by atoms with Gasteiger partial charge in [-0.15, -0.1) is 13.2 Å². The lowest BCUT2D eigenvalue weighted by Gasteiger charge is -2.22. The highest BCUT2D eigenvalue weighted by atomic mass is 19.4. The summed E-state index contributed by atoms with van der Waals surface area (Å²) in [5.74, 6) is -0.294. The molecule has 0 radical (unpaired) electrons. The summed E-state index contributed by atoms with van der Waals surface area (Å²) < 4.78 is 40.8. The first kappa shape index (κ1) is 22.5. The van der Waals surface area contributed by atoms with Crippen molar-refractivity contribution >= 4 is 17.4 Å². The number of rotatable bonds is 5. The van der Waals surface area contributed by atoms with Gasteiger partial charge in [-0.3, -0.25) is 4.79 Å². The maximum atomic E-state index is 12.8. The van der Waals surface area contributed by atoms with Crippen molar-refractivity contribution in [2.75, 3.05) is 23.3 Å². The van der Waals surface area contributed by atoms with Gasteiger partial charge >= 0.3 is 6.36 Å². The molecule has 0 saturated carbocycles. The monoisotopic (exact) mass is 459 g/mol. The number of nitrogens with one attached hydrogen (secondary N) is 1. The van der Waals surface area contributed by atoms with Gasteiger partial charge in [0, 0.05) is 48.5 Å². The van der Waals surface area contributed by atoms with E-state index in [2.05, 4.69) is 25.0 Å². The smallest absolute Gasteiger partial charge is 0.406 e. The third-order valence-corrected chi connectivity index (χ3v) is 5.10. The van der Waals surface area contributed by atoms with Crippen LogP contribution >= 0.6 is 0 Å². The second-order valence-corrected chi connectivity index (χ2v) is 7.92. The Morgan fingerprint density at radius 2 is 1.88 bits per heavy atom. The number of carbonyl (C=O) groups excluding carboxylic acids is 1. The molecular weight excluding hydrogens is 439 g/mol. The number of halogens is 3. The Bertz CT molecular complexity index is 1140. The van der Waals surface area contributed by atoms with E-state index >= 15 is 0 Å². The van der Waals surface area contributed by atoms with E-state index in [0.29, 0.717) is 42.1 Å². The van der Waals surface area contributed by atoms with Crippen LogP contribution in [-0.4, -0.2) is 51.0 Å². The number of ether oxygens (including phenoxy) is 1. The van der Waals surface area contributed by atoms with Crippen LogP contribution in [0.15, 0.2) is 55.2 Å². The summed E-state index contributed by atoms with van der Waals surface area (Å²) in [4.78, 5) is 27.3. The molecule has 1 fully saturated rings. The van der Waals surface area contributed by atoms with Gasteiger partial charge in [-0.25, -0.2) is 15.0 Å². The number of amides is 1. The molecule has 1 atom stereocenters. The van der Waals surface area contributed by atoms with Gasteiger partial charge < -0.3 is 20.1 Å². The molecule has 0 unspecified atom stereocenters. The van der Waals surface area contributed by atoms with E-state index in [1.54, 1.807) is 25.4 Å².